The van der Waals surface area contributed by atoms with E-state index < -0.39 is 0 Å². The Balaban J connectivity index is 1.51. The van der Waals surface area contributed by atoms with Crippen LogP contribution >= 0.6 is 0 Å². The minimum Gasteiger partial charge on any atom is -0.0654 e. The van der Waals surface area contributed by atoms with E-state index in [1.165, 1.54) is 30.6 Å². The fourth-order valence-electron chi connectivity index (χ4n) is 5.99. The number of fused-ring (bicyclic) bond motifs is 6. The zero-order valence-corrected chi connectivity index (χ0v) is 10.4. The van der Waals surface area contributed by atoms with E-state index in [0.29, 0.717) is 0 Å². The maximum Gasteiger partial charge on any atom is -0.0229 e. The molecular weight excluding hydrogens is 180 g/mol. The molecule has 0 bridgehead atoms. The molecule has 0 aliphatic heterocycles. The topological polar surface area (TPSA) is 0 Å². The van der Waals surface area contributed by atoms with E-state index in [4.69, 9.17) is 0 Å². The molecule has 4 aliphatic carbocycles. The van der Waals surface area contributed by atoms with Gasteiger partial charge in [0.15, 0.2) is 0 Å². The molecule has 4 saturated carbocycles. The standard InChI is InChI=1S/C15H24/c1-4-5-6-9-13-12-10-7-14(10,2)8-11(12)15(9,13)3/h9-13H,4-8H2,1-3H3. The SMILES string of the molecule is CCCCC1C2C3C4CC4(C)CC3C12C. The summed E-state index contributed by atoms with van der Waals surface area (Å²) >= 11 is 0. The van der Waals surface area contributed by atoms with Gasteiger partial charge in [0.1, 0.15) is 0 Å². The second-order valence-corrected chi connectivity index (χ2v) is 7.49. The highest BCUT2D eigenvalue weighted by molar-refractivity contribution is 5.32. The Bertz CT molecular complexity index is 320. The van der Waals surface area contributed by atoms with Gasteiger partial charge >= 0.3 is 0 Å². The van der Waals surface area contributed by atoms with Crippen molar-refractivity contribution >= 4 is 0 Å². The van der Waals surface area contributed by atoms with Crippen molar-refractivity contribution in [1.29, 1.82) is 0 Å². The van der Waals surface area contributed by atoms with Crippen molar-refractivity contribution in [3.8, 4) is 0 Å². The molecule has 0 spiro atoms. The maximum atomic E-state index is 2.62. The lowest BCUT2D eigenvalue weighted by molar-refractivity contribution is 0.0773. The van der Waals surface area contributed by atoms with Crippen molar-refractivity contribution in [2.75, 3.05) is 0 Å². The molecule has 4 rings (SSSR count). The number of hydrogen-bond acceptors (Lipinski definition) is 0. The molecule has 0 radical (unpaired) electrons. The molecule has 0 aromatic rings. The average molecular weight is 204 g/mol. The quantitative estimate of drug-likeness (QED) is 0.649. The molecule has 7 unspecified atom stereocenters. The van der Waals surface area contributed by atoms with E-state index in [1.54, 1.807) is 19.3 Å². The molecule has 0 saturated heterocycles. The fourth-order valence-corrected chi connectivity index (χ4v) is 5.99. The van der Waals surface area contributed by atoms with Gasteiger partial charge in [-0.2, -0.15) is 0 Å². The third kappa shape index (κ3) is 0.806. The lowest BCUT2D eigenvalue weighted by Crippen LogP contribution is -2.35. The van der Waals surface area contributed by atoms with Gasteiger partial charge in [-0.1, -0.05) is 33.6 Å². The second kappa shape index (κ2) is 2.31. The Morgan fingerprint density at radius 3 is 2.53 bits per heavy atom. The van der Waals surface area contributed by atoms with Crippen molar-refractivity contribution < 1.29 is 0 Å². The predicted octanol–water partition coefficient (Wildman–Crippen LogP) is 4.10. The van der Waals surface area contributed by atoms with Crippen LogP contribution < -0.4 is 0 Å². The summed E-state index contributed by atoms with van der Waals surface area (Å²) in [5.41, 5.74) is 1.68. The van der Waals surface area contributed by atoms with E-state index in [1.807, 2.05) is 0 Å². The van der Waals surface area contributed by atoms with Gasteiger partial charge in [0.2, 0.25) is 0 Å². The summed E-state index contributed by atoms with van der Waals surface area (Å²) < 4.78 is 0. The Morgan fingerprint density at radius 1 is 1.13 bits per heavy atom. The van der Waals surface area contributed by atoms with Crippen molar-refractivity contribution in [3.63, 3.8) is 0 Å². The molecule has 84 valence electrons. The maximum absolute atomic E-state index is 2.62. The van der Waals surface area contributed by atoms with E-state index in [-0.39, 0.29) is 0 Å². The minimum atomic E-state index is 0.834. The molecule has 4 fully saturated rings. The monoisotopic (exact) mass is 204 g/mol. The smallest absolute Gasteiger partial charge is 0.0229 e. The Labute approximate surface area is 93.8 Å². The first-order chi connectivity index (χ1) is 7.13. The van der Waals surface area contributed by atoms with E-state index in [0.717, 1.165) is 22.7 Å². The van der Waals surface area contributed by atoms with Crippen LogP contribution in [-0.4, -0.2) is 0 Å². The van der Waals surface area contributed by atoms with Crippen LogP contribution in [0.25, 0.3) is 0 Å². The van der Waals surface area contributed by atoms with E-state index >= 15 is 0 Å². The largest absolute Gasteiger partial charge is 0.0654 e. The number of unbranched alkanes of at least 4 members (excludes halogenated alkanes) is 1. The molecule has 0 nitrogen and oxygen atoms in total. The van der Waals surface area contributed by atoms with Crippen LogP contribution in [0, 0.1) is 40.4 Å². The van der Waals surface area contributed by atoms with E-state index in [2.05, 4.69) is 20.8 Å². The summed E-state index contributed by atoms with van der Waals surface area (Å²) in [4.78, 5) is 0. The first kappa shape index (κ1) is 9.07. The van der Waals surface area contributed by atoms with Gasteiger partial charge in [0.05, 0.1) is 0 Å². The third-order valence-electron chi connectivity index (χ3n) is 6.96. The van der Waals surface area contributed by atoms with Crippen LogP contribution in [0.1, 0.15) is 52.9 Å². The Kier molecular flexibility index (Phi) is 1.40. The third-order valence-corrected chi connectivity index (χ3v) is 6.96. The summed E-state index contributed by atoms with van der Waals surface area (Å²) in [6.07, 6.45) is 7.61. The van der Waals surface area contributed by atoms with Crippen LogP contribution in [0.3, 0.4) is 0 Å². The van der Waals surface area contributed by atoms with Crippen LogP contribution in [0.4, 0.5) is 0 Å². The van der Waals surface area contributed by atoms with Crippen molar-refractivity contribution in [2.24, 2.45) is 40.4 Å². The lowest BCUT2D eigenvalue weighted by atomic mass is 9.65. The summed E-state index contributed by atoms with van der Waals surface area (Å²) in [5, 5.41) is 0. The van der Waals surface area contributed by atoms with Crippen molar-refractivity contribution in [3.05, 3.63) is 0 Å². The highest BCUT2D eigenvalue weighted by Gasteiger charge is 2.84. The Morgan fingerprint density at radius 2 is 1.87 bits per heavy atom. The molecule has 7 atom stereocenters. The average Bonchev–Trinajstić information content (AvgIpc) is 2.97. The number of rotatable bonds is 3. The molecule has 0 heterocycles. The van der Waals surface area contributed by atoms with Gasteiger partial charge in [0, 0.05) is 0 Å². The normalized spacial score (nSPS) is 67.8. The zero-order valence-electron chi connectivity index (χ0n) is 10.4. The fraction of sp³-hybridized carbons (Fsp3) is 1.00. The molecule has 0 amide bonds. The van der Waals surface area contributed by atoms with Gasteiger partial charge in [-0.15, -0.1) is 0 Å². The van der Waals surface area contributed by atoms with Crippen LogP contribution in [0.2, 0.25) is 0 Å². The lowest BCUT2D eigenvalue weighted by Gasteiger charge is -2.39. The predicted molar refractivity (Wildman–Crippen MR) is 62.4 cm³/mol. The molecule has 0 heteroatoms. The van der Waals surface area contributed by atoms with Crippen LogP contribution in [-0.2, 0) is 0 Å². The summed E-state index contributed by atoms with van der Waals surface area (Å²) in [5.74, 6) is 5.86. The van der Waals surface area contributed by atoms with Gasteiger partial charge < -0.3 is 0 Å². The molecule has 0 aromatic carbocycles. The highest BCUT2D eigenvalue weighted by atomic mass is 14.9. The highest BCUT2D eigenvalue weighted by Crippen LogP contribution is 2.90. The first-order valence-electron chi connectivity index (χ1n) is 7.13. The first-order valence-corrected chi connectivity index (χ1v) is 7.13. The summed E-state index contributed by atoms with van der Waals surface area (Å²) in [7, 11) is 0. The van der Waals surface area contributed by atoms with Gasteiger partial charge in [-0.3, -0.25) is 0 Å². The Hall–Kier alpha value is 0. The van der Waals surface area contributed by atoms with Crippen LogP contribution in [0.15, 0.2) is 0 Å². The van der Waals surface area contributed by atoms with Crippen LogP contribution in [0.5, 0.6) is 0 Å². The molecule has 4 aliphatic rings. The van der Waals surface area contributed by atoms with Crippen molar-refractivity contribution in [1.82, 2.24) is 0 Å². The van der Waals surface area contributed by atoms with Gasteiger partial charge in [-0.05, 0) is 59.7 Å². The molecule has 15 heavy (non-hydrogen) atoms. The molecule has 0 N–H and O–H groups in total. The summed E-state index contributed by atoms with van der Waals surface area (Å²) in [6.45, 7) is 7.51. The minimum absolute atomic E-state index is 0.834. The molecular formula is C15H24. The van der Waals surface area contributed by atoms with Crippen molar-refractivity contribution in [2.45, 2.75) is 52.9 Å². The second-order valence-electron chi connectivity index (χ2n) is 7.49. The van der Waals surface area contributed by atoms with Gasteiger partial charge in [0.25, 0.3) is 0 Å². The van der Waals surface area contributed by atoms with Gasteiger partial charge in [-0.25, -0.2) is 0 Å². The number of hydrogen-bond donors (Lipinski definition) is 0. The summed E-state index contributed by atoms with van der Waals surface area (Å²) in [6, 6.07) is 0. The van der Waals surface area contributed by atoms with E-state index in [9.17, 15) is 0 Å². The zero-order chi connectivity index (χ0) is 10.4. The molecule has 0 aromatic heterocycles.